The highest BCUT2D eigenvalue weighted by Crippen LogP contribution is 2.03. The Balaban J connectivity index is 2.74. The Labute approximate surface area is 181 Å². The molecule has 32 heavy (non-hydrogen) atoms. The molecule has 15 heteroatoms. The number of aromatic amines is 1. The Morgan fingerprint density at radius 1 is 1.06 bits per heavy atom. The third-order valence-electron chi connectivity index (χ3n) is 4.07. The molecule has 1 rings (SSSR count). The van der Waals surface area contributed by atoms with Crippen LogP contribution in [-0.4, -0.2) is 80.4 Å². The number of carboxylic acids is 2. The first-order valence-electron chi connectivity index (χ1n) is 9.32. The van der Waals surface area contributed by atoms with Gasteiger partial charge >= 0.3 is 11.9 Å². The maximum absolute atomic E-state index is 12.5. The van der Waals surface area contributed by atoms with Crippen LogP contribution >= 0.6 is 0 Å². The number of imidazole rings is 1. The van der Waals surface area contributed by atoms with Crippen molar-refractivity contribution in [2.75, 3.05) is 6.54 Å². The van der Waals surface area contributed by atoms with Crippen LogP contribution in [-0.2, 0) is 35.2 Å². The van der Waals surface area contributed by atoms with Gasteiger partial charge in [-0.1, -0.05) is 0 Å². The zero-order valence-corrected chi connectivity index (χ0v) is 16.9. The molecule has 1 aromatic heterocycles. The molecule has 1 aromatic rings. The fourth-order valence-corrected chi connectivity index (χ4v) is 2.48. The molecule has 4 amide bonds. The van der Waals surface area contributed by atoms with E-state index in [9.17, 15) is 33.9 Å². The molecule has 0 saturated heterocycles. The van der Waals surface area contributed by atoms with Crippen LogP contribution in [0.3, 0.4) is 0 Å². The van der Waals surface area contributed by atoms with Gasteiger partial charge in [0.1, 0.15) is 12.1 Å². The molecule has 0 radical (unpaired) electrons. The number of nitrogens with two attached hydrogens (primary N) is 2. The molecule has 0 aliphatic carbocycles. The summed E-state index contributed by atoms with van der Waals surface area (Å²) in [5.41, 5.74) is 10.8. The normalized spacial score (nSPS) is 13.3. The molecule has 3 atom stereocenters. The lowest BCUT2D eigenvalue weighted by atomic mass is 10.1. The van der Waals surface area contributed by atoms with Crippen LogP contribution in [0.25, 0.3) is 0 Å². The minimum absolute atomic E-state index is 0.130. The topological polar surface area (TPSA) is 260 Å². The van der Waals surface area contributed by atoms with Gasteiger partial charge in [-0.25, -0.2) is 9.78 Å². The van der Waals surface area contributed by atoms with Crippen LogP contribution in [0.1, 0.15) is 25.0 Å². The van der Waals surface area contributed by atoms with Gasteiger partial charge in [0.2, 0.25) is 23.6 Å². The third kappa shape index (κ3) is 9.66. The van der Waals surface area contributed by atoms with Crippen molar-refractivity contribution < 1.29 is 39.0 Å². The highest BCUT2D eigenvalue weighted by Gasteiger charge is 2.28. The van der Waals surface area contributed by atoms with E-state index in [1.54, 1.807) is 0 Å². The van der Waals surface area contributed by atoms with Crippen LogP contribution in [0.15, 0.2) is 12.5 Å². The summed E-state index contributed by atoms with van der Waals surface area (Å²) in [6.45, 7) is -0.626. The van der Waals surface area contributed by atoms with Crippen LogP contribution in [0.2, 0.25) is 0 Å². The summed E-state index contributed by atoms with van der Waals surface area (Å²) in [7, 11) is 0. The SMILES string of the molecule is NC(=O)CC(N)C(=O)NCC(=O)NC(CCC(=O)O)C(=O)NC(Cc1cnc[nH]1)C(=O)O. The van der Waals surface area contributed by atoms with E-state index in [2.05, 4.69) is 25.9 Å². The van der Waals surface area contributed by atoms with E-state index in [1.165, 1.54) is 12.5 Å². The lowest BCUT2D eigenvalue weighted by Gasteiger charge is -2.21. The monoisotopic (exact) mass is 455 g/mol. The van der Waals surface area contributed by atoms with E-state index in [0.29, 0.717) is 5.69 Å². The largest absolute Gasteiger partial charge is 0.481 e. The van der Waals surface area contributed by atoms with E-state index < -0.39 is 73.1 Å². The van der Waals surface area contributed by atoms with Gasteiger partial charge in [-0.15, -0.1) is 0 Å². The number of hydrogen-bond acceptors (Lipinski definition) is 8. The van der Waals surface area contributed by atoms with Crippen LogP contribution in [0.4, 0.5) is 0 Å². The van der Waals surface area contributed by atoms with E-state index in [0.717, 1.165) is 0 Å². The Morgan fingerprint density at radius 2 is 1.75 bits per heavy atom. The van der Waals surface area contributed by atoms with Crippen molar-refractivity contribution in [1.29, 1.82) is 0 Å². The molecule has 10 N–H and O–H groups in total. The van der Waals surface area contributed by atoms with Gasteiger partial charge < -0.3 is 42.6 Å². The summed E-state index contributed by atoms with van der Waals surface area (Å²) in [5.74, 6) is -6.04. The number of rotatable bonds is 14. The summed E-state index contributed by atoms with van der Waals surface area (Å²) < 4.78 is 0. The maximum atomic E-state index is 12.5. The fraction of sp³-hybridized carbons (Fsp3) is 0.471. The Bertz CT molecular complexity index is 842. The van der Waals surface area contributed by atoms with Crippen molar-refractivity contribution in [2.45, 2.75) is 43.8 Å². The molecule has 0 aliphatic heterocycles. The quantitative estimate of drug-likeness (QED) is 0.135. The van der Waals surface area contributed by atoms with Gasteiger partial charge in [0, 0.05) is 24.7 Å². The zero-order chi connectivity index (χ0) is 24.3. The number of H-pyrrole nitrogens is 1. The molecular formula is C17H25N7O8. The predicted molar refractivity (Wildman–Crippen MR) is 105 cm³/mol. The first-order chi connectivity index (χ1) is 15.0. The number of nitrogens with one attached hydrogen (secondary N) is 4. The Hall–Kier alpha value is -4.01. The first-order valence-corrected chi connectivity index (χ1v) is 9.32. The van der Waals surface area contributed by atoms with Crippen molar-refractivity contribution in [3.63, 3.8) is 0 Å². The number of hydrogen-bond donors (Lipinski definition) is 8. The van der Waals surface area contributed by atoms with Crippen molar-refractivity contribution in [1.82, 2.24) is 25.9 Å². The predicted octanol–water partition coefficient (Wildman–Crippen LogP) is -3.81. The minimum atomic E-state index is -1.39. The van der Waals surface area contributed by atoms with Crippen LogP contribution in [0.5, 0.6) is 0 Å². The number of nitrogens with zero attached hydrogens (tertiary/aromatic N) is 1. The van der Waals surface area contributed by atoms with Gasteiger partial charge in [-0.05, 0) is 6.42 Å². The lowest BCUT2D eigenvalue weighted by Crippen LogP contribution is -2.54. The molecule has 0 aliphatic rings. The maximum Gasteiger partial charge on any atom is 0.326 e. The molecule has 0 spiro atoms. The van der Waals surface area contributed by atoms with Gasteiger partial charge in [-0.3, -0.25) is 24.0 Å². The van der Waals surface area contributed by atoms with Crippen molar-refractivity contribution >= 4 is 35.6 Å². The van der Waals surface area contributed by atoms with Crippen LogP contribution in [0, 0.1) is 0 Å². The lowest BCUT2D eigenvalue weighted by molar-refractivity contribution is -0.143. The fourth-order valence-electron chi connectivity index (χ4n) is 2.48. The van der Waals surface area contributed by atoms with E-state index in [4.69, 9.17) is 16.6 Å². The molecule has 0 bridgehead atoms. The second-order valence-electron chi connectivity index (χ2n) is 6.73. The second-order valence-corrected chi connectivity index (χ2v) is 6.73. The van der Waals surface area contributed by atoms with Gasteiger partial charge in [0.05, 0.1) is 25.3 Å². The molecule has 3 unspecified atom stereocenters. The van der Waals surface area contributed by atoms with Crippen molar-refractivity contribution in [3.05, 3.63) is 18.2 Å². The average Bonchev–Trinajstić information content (AvgIpc) is 3.20. The van der Waals surface area contributed by atoms with Gasteiger partial charge in [-0.2, -0.15) is 0 Å². The highest BCUT2D eigenvalue weighted by molar-refractivity contribution is 5.93. The van der Waals surface area contributed by atoms with Gasteiger partial charge in [0.25, 0.3) is 0 Å². The summed E-state index contributed by atoms with van der Waals surface area (Å²) in [4.78, 5) is 75.9. The number of aromatic nitrogens is 2. The number of carboxylic acid groups (broad SMARTS) is 2. The third-order valence-corrected chi connectivity index (χ3v) is 4.07. The number of carbonyl (C=O) groups excluding carboxylic acids is 4. The van der Waals surface area contributed by atoms with Crippen molar-refractivity contribution in [3.8, 4) is 0 Å². The number of amides is 4. The molecule has 1 heterocycles. The summed E-state index contributed by atoms with van der Waals surface area (Å²) in [6, 6.07) is -4.04. The van der Waals surface area contributed by atoms with Gasteiger partial charge in [0.15, 0.2) is 0 Å². The average molecular weight is 455 g/mol. The first kappa shape index (κ1) is 26.0. The van der Waals surface area contributed by atoms with E-state index in [1.807, 2.05) is 0 Å². The Kier molecular flexibility index (Phi) is 10.3. The Morgan fingerprint density at radius 3 is 2.28 bits per heavy atom. The minimum Gasteiger partial charge on any atom is -0.481 e. The highest BCUT2D eigenvalue weighted by atomic mass is 16.4. The zero-order valence-electron chi connectivity index (χ0n) is 16.9. The molecule has 0 saturated carbocycles. The molecule has 176 valence electrons. The summed E-state index contributed by atoms with van der Waals surface area (Å²) >= 11 is 0. The molecule has 0 fully saturated rings. The summed E-state index contributed by atoms with van der Waals surface area (Å²) in [5, 5.41) is 24.8. The molecular weight excluding hydrogens is 430 g/mol. The van der Waals surface area contributed by atoms with Crippen LogP contribution < -0.4 is 27.4 Å². The smallest absolute Gasteiger partial charge is 0.326 e. The van der Waals surface area contributed by atoms with E-state index in [-0.39, 0.29) is 12.8 Å². The standard InChI is InChI=1S/C17H25N7O8/c18-9(4-12(19)25)15(29)21-6-13(26)23-10(1-2-14(27)28)16(30)24-11(17(31)32)3-8-5-20-7-22-8/h5,7,9-11H,1-4,6,18H2,(H2,19,25)(H,20,22)(H,21,29)(H,23,26)(H,24,30)(H,27,28)(H,31,32). The van der Waals surface area contributed by atoms with Crippen molar-refractivity contribution in [2.24, 2.45) is 11.5 Å². The number of aliphatic carboxylic acids is 2. The summed E-state index contributed by atoms with van der Waals surface area (Å²) in [6.07, 6.45) is 1.30. The number of primary amides is 1. The van der Waals surface area contributed by atoms with E-state index >= 15 is 0 Å². The second kappa shape index (κ2) is 12.6. The molecule has 15 nitrogen and oxygen atoms in total. The molecule has 0 aromatic carbocycles. The number of carbonyl (C=O) groups is 6.